The van der Waals surface area contributed by atoms with Gasteiger partial charge in [0.15, 0.2) is 0 Å². The second-order valence-electron chi connectivity index (χ2n) is 30.4. The molecule has 5 aromatic heterocycles. The van der Waals surface area contributed by atoms with Crippen LogP contribution in [0.25, 0.3) is 52.2 Å². The maximum absolute atomic E-state index is 13.0. The second kappa shape index (κ2) is 50.9. The van der Waals surface area contributed by atoms with Crippen LogP contribution in [0, 0.1) is 13.8 Å². The highest BCUT2D eigenvalue weighted by Crippen LogP contribution is 2.45. The number of ether oxygens (including phenoxy) is 1. The predicted octanol–water partition coefficient (Wildman–Crippen LogP) is 29.7. The smallest absolute Gasteiger partial charge is 0.339 e. The largest absolute Gasteiger partial charge is 0.497 e. The quantitative estimate of drug-likeness (QED) is 0.0187. The van der Waals surface area contributed by atoms with E-state index in [0.717, 1.165) is 50.1 Å². The normalized spacial score (nSPS) is 11.1. The fraction of sp³-hybridized carbons (Fsp3) is 0.126. The first-order valence-corrected chi connectivity index (χ1v) is 49.5. The highest BCUT2D eigenvalue weighted by molar-refractivity contribution is 7.16. The summed E-state index contributed by atoms with van der Waals surface area (Å²) in [5, 5.41) is 72.9. The summed E-state index contributed by atoms with van der Waals surface area (Å²) in [6, 6.07) is 70.6. The molecule has 0 saturated heterocycles. The molecule has 0 bridgehead atoms. The van der Waals surface area contributed by atoms with Crippen molar-refractivity contribution in [1.82, 2.24) is 0 Å². The number of aromatic carboxylic acids is 5. The number of hydrogen-bond acceptors (Lipinski definition) is 16. The summed E-state index contributed by atoms with van der Waals surface area (Å²) in [7, 11) is 1.55. The van der Waals surface area contributed by atoms with Crippen LogP contribution in [0.15, 0.2) is 263 Å². The average Bonchev–Trinajstić information content (AvgIpc) is 1.65. The van der Waals surface area contributed by atoms with E-state index in [9.17, 15) is 73.5 Å². The minimum Gasteiger partial charge on any atom is -0.497 e. The molecule has 708 valence electrons. The number of methoxy groups -OCH3 is 1. The molecule has 5 amide bonds. The molecule has 2 atom stereocenters. The van der Waals surface area contributed by atoms with Gasteiger partial charge in [0.25, 0.3) is 0 Å². The van der Waals surface area contributed by atoms with Crippen molar-refractivity contribution in [2.45, 2.75) is 77.0 Å². The van der Waals surface area contributed by atoms with E-state index in [4.69, 9.17) is 109 Å². The van der Waals surface area contributed by atoms with Crippen LogP contribution in [0.5, 0.6) is 5.75 Å². The number of amides is 5. The van der Waals surface area contributed by atoms with E-state index in [-0.39, 0.29) is 100 Å². The van der Waals surface area contributed by atoms with Gasteiger partial charge in [-0.3, -0.25) is 24.0 Å². The van der Waals surface area contributed by atoms with Gasteiger partial charge in [-0.15, -0.1) is 68.3 Å². The maximum Gasteiger partial charge on any atom is 0.339 e. The summed E-state index contributed by atoms with van der Waals surface area (Å²) in [6.45, 7) is 5.70. The third kappa shape index (κ3) is 29.7. The Balaban J connectivity index is 0.000000165. The van der Waals surface area contributed by atoms with Gasteiger partial charge in [0, 0.05) is 61.6 Å². The summed E-state index contributed by atoms with van der Waals surface area (Å²) >= 11 is 60.3. The van der Waals surface area contributed by atoms with Crippen LogP contribution in [0.4, 0.5) is 28.4 Å². The van der Waals surface area contributed by atoms with Gasteiger partial charge in [0.1, 0.15) is 33.6 Å². The number of carbonyl (C=O) groups excluding carboxylic acids is 5. The first-order valence-electron chi connectivity index (χ1n) is 41.6. The van der Waals surface area contributed by atoms with Gasteiger partial charge in [0.2, 0.25) is 29.5 Å². The first kappa shape index (κ1) is 106. The standard InChI is InChI=1S/C22H18Cl3NO3S.C21H18ClNO3S.C20H15Cl2NO4S.C20H15Cl2NO3S.C20H16ClNO3S/c1-11-3-5-13(6-4-11)18(12(2)23)21(27)26-17-10-30-20(19(17)22(28)29)14-7-8-15(24)16(25)9-14;1-13-3-2-4-14(11-13)5-10-18(24)23-17-12-27-20(19(17)21(25)26)15-6-8-16(22)9-7-15;1-27-13-4-2-3-11(7-13)8-17(24)23-16-10-28-19(18(16)20(25)26)12-5-6-14(21)15(22)9-12;21-14-8-7-13(10-15(14)22)19-18(20(25)26)16(11-27-19)23-17(24)9-6-12-4-2-1-3-5-12;21-15-9-7-14(8-10-15)19-18(20(24)25)16(12-26-19)22-17(23)11-6-13-4-2-1-3-5-13/h3-10,12,18H,1-2H3,(H,26,27)(H,28,29);2-4,6-9,11-12H,5,10H2,1H3,(H,23,24)(H,25,26);2-7,9-10H,8H2,1H3,(H,23,24)(H,25,26);1-5,7-8,10-11H,6,9H2,(H,23,24)(H,25,26);1-5,7-10,12H,6,11H2,(H,22,23)(H,24,25). The lowest BCUT2D eigenvalue weighted by Crippen LogP contribution is -2.27. The zero-order valence-corrected chi connectivity index (χ0v) is 84.1. The molecule has 0 radical (unpaired) electrons. The first-order chi connectivity index (χ1) is 66.0. The Labute approximate surface area is 858 Å². The fourth-order valence-electron chi connectivity index (χ4n) is 13.8. The van der Waals surface area contributed by atoms with Gasteiger partial charge in [-0.05, 0) is 168 Å². The number of carbonyl (C=O) groups is 10. The third-order valence-electron chi connectivity index (χ3n) is 20.5. The molecule has 15 aromatic rings. The third-order valence-corrected chi connectivity index (χ3v) is 28.6. The molecular weight excluding hydrogens is 2040 g/mol. The molecule has 10 N–H and O–H groups in total. The number of halogens is 9. The molecule has 0 aliphatic heterocycles. The monoisotopic (exact) mass is 2120 g/mol. The van der Waals surface area contributed by atoms with Crippen molar-refractivity contribution < 1.29 is 78.2 Å². The van der Waals surface area contributed by atoms with E-state index < -0.39 is 41.1 Å². The zero-order valence-electron chi connectivity index (χ0n) is 73.2. The topological polar surface area (TPSA) is 341 Å². The van der Waals surface area contributed by atoms with Crippen molar-refractivity contribution in [3.8, 4) is 58.0 Å². The lowest BCUT2D eigenvalue weighted by molar-refractivity contribution is -0.118. The molecule has 0 aliphatic carbocycles. The molecule has 0 saturated carbocycles. The highest BCUT2D eigenvalue weighted by atomic mass is 35.5. The van der Waals surface area contributed by atoms with Crippen molar-refractivity contribution in [2.24, 2.45) is 0 Å². The van der Waals surface area contributed by atoms with Gasteiger partial charge >= 0.3 is 29.8 Å². The van der Waals surface area contributed by atoms with Crippen LogP contribution in [0.1, 0.15) is 123 Å². The minimum atomic E-state index is -1.15. The summed E-state index contributed by atoms with van der Waals surface area (Å²) in [5.41, 5.74) is 11.9. The lowest BCUT2D eigenvalue weighted by Gasteiger charge is -2.19. The Bertz CT molecular complexity index is 6930. The number of anilines is 5. The second-order valence-corrected chi connectivity index (χ2v) is 38.8. The van der Waals surface area contributed by atoms with Crippen molar-refractivity contribution >= 4 is 249 Å². The number of nitrogens with one attached hydrogen (secondary N) is 5. The van der Waals surface area contributed by atoms with Crippen LogP contribution in [0.3, 0.4) is 0 Å². The zero-order chi connectivity index (χ0) is 99.6. The number of aryl methyl sites for hydroxylation is 5. The molecule has 10 aromatic carbocycles. The molecular formula is C103H82Cl9N5O16S5. The molecule has 0 spiro atoms. The average molecular weight is 2130 g/mol. The van der Waals surface area contributed by atoms with Gasteiger partial charge in [-0.2, -0.15) is 0 Å². The predicted molar refractivity (Wildman–Crippen MR) is 562 cm³/mol. The van der Waals surface area contributed by atoms with Gasteiger partial charge in [-0.1, -0.05) is 268 Å². The molecule has 138 heavy (non-hydrogen) atoms. The molecule has 5 heterocycles. The number of alkyl halides is 1. The molecule has 35 heteroatoms. The molecule has 0 aliphatic rings. The van der Waals surface area contributed by atoms with Crippen molar-refractivity contribution in [1.29, 1.82) is 0 Å². The van der Waals surface area contributed by atoms with E-state index in [1.54, 1.807) is 168 Å². The molecule has 2 unspecified atom stereocenters. The van der Waals surface area contributed by atoms with E-state index >= 15 is 0 Å². The summed E-state index contributed by atoms with van der Waals surface area (Å²) in [4.78, 5) is 124. The lowest BCUT2D eigenvalue weighted by atomic mass is 9.94. The summed E-state index contributed by atoms with van der Waals surface area (Å²) in [5.74, 6) is -6.90. The fourth-order valence-corrected chi connectivity index (χ4v) is 20.2. The number of hydrogen-bond donors (Lipinski definition) is 10. The van der Waals surface area contributed by atoms with E-state index in [1.165, 1.54) is 56.7 Å². The minimum absolute atomic E-state index is 0.00313. The van der Waals surface area contributed by atoms with Crippen LogP contribution >= 0.6 is 161 Å². The highest BCUT2D eigenvalue weighted by Gasteiger charge is 2.31. The summed E-state index contributed by atoms with van der Waals surface area (Å²) < 4.78 is 5.15. The molecule has 0 fully saturated rings. The van der Waals surface area contributed by atoms with Crippen LogP contribution in [-0.4, -0.2) is 97.4 Å². The van der Waals surface area contributed by atoms with E-state index in [2.05, 4.69) is 26.6 Å². The van der Waals surface area contributed by atoms with Crippen LogP contribution in [-0.2, 0) is 49.7 Å². The van der Waals surface area contributed by atoms with Crippen molar-refractivity contribution in [3.63, 3.8) is 0 Å². The Morgan fingerprint density at radius 2 is 0.630 bits per heavy atom. The van der Waals surface area contributed by atoms with Gasteiger partial charge in [0.05, 0.1) is 102 Å². The Kier molecular flexibility index (Phi) is 39.2. The van der Waals surface area contributed by atoms with Crippen molar-refractivity contribution in [2.75, 3.05) is 33.7 Å². The number of rotatable bonds is 30. The van der Waals surface area contributed by atoms with E-state index in [0.29, 0.717) is 118 Å². The molecule has 21 nitrogen and oxygen atoms in total. The molecule has 15 rings (SSSR count). The maximum atomic E-state index is 13.0. The number of benzene rings is 10. The van der Waals surface area contributed by atoms with Gasteiger partial charge < -0.3 is 56.9 Å². The summed E-state index contributed by atoms with van der Waals surface area (Å²) in [6.07, 6.45) is 2.71. The SMILES string of the molecule is COc1cccc(CC(=O)Nc2csc(-c3ccc(Cl)c(Cl)c3)c2C(=O)O)c1.Cc1ccc(C(C(=O)Nc2csc(-c3ccc(Cl)c(Cl)c3)c2C(=O)O)C(C)Cl)cc1.Cc1cccc(CCC(=O)Nc2csc(-c3ccc(Cl)cc3)c2C(=O)O)c1.O=C(CCc1ccccc1)Nc1csc(-c2ccc(Cl)c(Cl)c2)c1C(=O)O.O=C(CCc1ccccc1)Nc1csc(-c2ccc(Cl)cc2)c1C(=O)O. The Morgan fingerprint density at radius 1 is 0.319 bits per heavy atom. The van der Waals surface area contributed by atoms with Crippen molar-refractivity contribution in [3.05, 3.63) is 370 Å². The number of carboxylic acids is 5. The Hall–Kier alpha value is -12.2. The van der Waals surface area contributed by atoms with Gasteiger partial charge in [-0.25, -0.2) is 24.0 Å². The van der Waals surface area contributed by atoms with Crippen LogP contribution < -0.4 is 31.3 Å². The number of carboxylic acid groups (broad SMARTS) is 5. The number of thiophene rings is 5. The Morgan fingerprint density at radius 3 is 0.964 bits per heavy atom. The van der Waals surface area contributed by atoms with Crippen LogP contribution in [0.2, 0.25) is 40.2 Å². The van der Waals surface area contributed by atoms with E-state index in [1.807, 2.05) is 123 Å².